The van der Waals surface area contributed by atoms with Gasteiger partial charge >= 0.3 is 0 Å². The number of hydrogen-bond acceptors (Lipinski definition) is 6. The van der Waals surface area contributed by atoms with Gasteiger partial charge in [-0.1, -0.05) is 48.5 Å². The van der Waals surface area contributed by atoms with E-state index in [-0.39, 0.29) is 0 Å². The molecule has 0 unspecified atom stereocenters. The van der Waals surface area contributed by atoms with E-state index in [4.69, 9.17) is 14.4 Å². The van der Waals surface area contributed by atoms with Crippen LogP contribution in [0.5, 0.6) is 0 Å². The summed E-state index contributed by atoms with van der Waals surface area (Å²) in [5.74, 6) is 2.33. The molecular weight excluding hydrogens is 526 g/mol. The fraction of sp³-hybridized carbons (Fsp3) is 0.0294. The van der Waals surface area contributed by atoms with Crippen molar-refractivity contribution in [2.45, 2.75) is 0 Å². The first-order chi connectivity index (χ1) is 20.2. The van der Waals surface area contributed by atoms with Crippen LogP contribution in [-0.2, 0) is 7.05 Å². The molecule has 8 rings (SSSR count). The zero-order chi connectivity index (χ0) is 27.3. The second-order valence-electron chi connectivity index (χ2n) is 9.84. The van der Waals surface area contributed by atoms with Gasteiger partial charge in [0.15, 0.2) is 0 Å². The van der Waals surface area contributed by atoms with Gasteiger partial charge in [0, 0.05) is 41.2 Å². The van der Waals surface area contributed by atoms with Crippen molar-refractivity contribution in [3.63, 3.8) is 0 Å². The Bertz CT molecular complexity index is 2190. The Morgan fingerprint density at radius 2 is 1.63 bits per heavy atom. The van der Waals surface area contributed by atoms with Crippen molar-refractivity contribution in [2.24, 2.45) is 7.05 Å². The second kappa shape index (κ2) is 9.43. The maximum atomic E-state index is 6.55. The van der Waals surface area contributed by atoms with E-state index in [0.717, 1.165) is 66.4 Å². The SMILES string of the molecule is Cn1c(-c2cccc3oc(N(c4ccccc4)c4cccc(-c5csc6cccnc56)n4)cc23)nc2ccccc21. The van der Waals surface area contributed by atoms with E-state index >= 15 is 0 Å². The molecule has 41 heavy (non-hydrogen) atoms. The highest BCUT2D eigenvalue weighted by Crippen LogP contribution is 2.41. The first-order valence-electron chi connectivity index (χ1n) is 13.3. The van der Waals surface area contributed by atoms with Crippen molar-refractivity contribution in [3.05, 3.63) is 121 Å². The number of hydrogen-bond donors (Lipinski definition) is 0. The number of benzene rings is 3. The molecule has 0 fully saturated rings. The van der Waals surface area contributed by atoms with Crippen LogP contribution in [0.4, 0.5) is 17.4 Å². The van der Waals surface area contributed by atoms with E-state index in [1.807, 2.05) is 79.0 Å². The summed E-state index contributed by atoms with van der Waals surface area (Å²) in [5, 5.41) is 3.12. The van der Waals surface area contributed by atoms with Gasteiger partial charge in [-0.3, -0.25) is 9.88 Å². The number of furan rings is 1. The van der Waals surface area contributed by atoms with Gasteiger partial charge in [0.2, 0.25) is 5.88 Å². The Hall–Kier alpha value is -5.27. The number of aromatic nitrogens is 4. The molecule has 5 aromatic heterocycles. The van der Waals surface area contributed by atoms with E-state index in [0.29, 0.717) is 5.88 Å². The van der Waals surface area contributed by atoms with Crippen LogP contribution in [0.25, 0.3) is 54.9 Å². The summed E-state index contributed by atoms with van der Waals surface area (Å²) >= 11 is 1.68. The van der Waals surface area contributed by atoms with E-state index in [1.165, 1.54) is 0 Å². The summed E-state index contributed by atoms with van der Waals surface area (Å²) in [6, 6.07) is 36.7. The van der Waals surface area contributed by atoms with Gasteiger partial charge in [0.1, 0.15) is 17.2 Å². The molecule has 5 heterocycles. The van der Waals surface area contributed by atoms with Crippen molar-refractivity contribution in [3.8, 4) is 22.6 Å². The lowest BCUT2D eigenvalue weighted by Crippen LogP contribution is -2.10. The van der Waals surface area contributed by atoms with Crippen LogP contribution >= 0.6 is 11.3 Å². The summed E-state index contributed by atoms with van der Waals surface area (Å²) in [7, 11) is 2.05. The minimum atomic E-state index is 0.676. The average molecular weight is 550 g/mol. The third-order valence-corrected chi connectivity index (χ3v) is 8.32. The van der Waals surface area contributed by atoms with Gasteiger partial charge in [-0.25, -0.2) is 9.97 Å². The fourth-order valence-corrected chi connectivity index (χ4v) is 6.34. The molecule has 0 bridgehead atoms. The van der Waals surface area contributed by atoms with Crippen LogP contribution < -0.4 is 4.90 Å². The van der Waals surface area contributed by atoms with Crippen LogP contribution in [0, 0.1) is 0 Å². The van der Waals surface area contributed by atoms with Gasteiger partial charge in [-0.15, -0.1) is 11.3 Å². The smallest absolute Gasteiger partial charge is 0.206 e. The lowest BCUT2D eigenvalue weighted by atomic mass is 10.1. The first kappa shape index (κ1) is 23.6. The molecule has 0 saturated heterocycles. The van der Waals surface area contributed by atoms with Gasteiger partial charge in [0.05, 0.1) is 32.6 Å². The minimum Gasteiger partial charge on any atom is -0.440 e. The summed E-state index contributed by atoms with van der Waals surface area (Å²) in [6.07, 6.45) is 1.83. The van der Waals surface area contributed by atoms with Crippen LogP contribution in [0.3, 0.4) is 0 Å². The third-order valence-electron chi connectivity index (χ3n) is 7.38. The number of nitrogens with zero attached hydrogens (tertiary/aromatic N) is 5. The average Bonchev–Trinajstić information content (AvgIpc) is 3.73. The van der Waals surface area contributed by atoms with Crippen molar-refractivity contribution in [2.75, 3.05) is 4.90 Å². The largest absolute Gasteiger partial charge is 0.440 e. The molecule has 6 nitrogen and oxygen atoms in total. The molecule has 8 aromatic rings. The number of para-hydroxylation sites is 3. The highest BCUT2D eigenvalue weighted by Gasteiger charge is 2.22. The van der Waals surface area contributed by atoms with Crippen molar-refractivity contribution < 1.29 is 4.42 Å². The molecule has 196 valence electrons. The number of fused-ring (bicyclic) bond motifs is 3. The molecule has 0 aliphatic rings. The van der Waals surface area contributed by atoms with Crippen molar-refractivity contribution in [1.29, 1.82) is 0 Å². The third kappa shape index (κ3) is 3.90. The summed E-state index contributed by atoms with van der Waals surface area (Å²) in [6.45, 7) is 0. The lowest BCUT2D eigenvalue weighted by molar-refractivity contribution is 0.620. The number of pyridine rings is 2. The summed E-state index contributed by atoms with van der Waals surface area (Å²) in [4.78, 5) is 16.8. The van der Waals surface area contributed by atoms with Crippen LogP contribution in [0.15, 0.2) is 125 Å². The predicted molar refractivity (Wildman–Crippen MR) is 167 cm³/mol. The number of aryl methyl sites for hydroxylation is 1. The lowest BCUT2D eigenvalue weighted by Gasteiger charge is -2.21. The van der Waals surface area contributed by atoms with Gasteiger partial charge in [0.25, 0.3) is 0 Å². The molecular formula is C34H23N5OS. The quantitative estimate of drug-likeness (QED) is 0.214. The Kier molecular flexibility index (Phi) is 5.43. The van der Waals surface area contributed by atoms with Gasteiger partial charge < -0.3 is 8.98 Å². The van der Waals surface area contributed by atoms with Gasteiger partial charge in [-0.05, 0) is 54.6 Å². The molecule has 0 aliphatic carbocycles. The van der Waals surface area contributed by atoms with Crippen LogP contribution in [0.2, 0.25) is 0 Å². The van der Waals surface area contributed by atoms with E-state index in [9.17, 15) is 0 Å². The Balaban J connectivity index is 1.30. The maximum Gasteiger partial charge on any atom is 0.206 e. The van der Waals surface area contributed by atoms with E-state index in [1.54, 1.807) is 11.3 Å². The molecule has 0 N–H and O–H groups in total. The summed E-state index contributed by atoms with van der Waals surface area (Å²) < 4.78 is 9.83. The number of rotatable bonds is 5. The first-order valence-corrected chi connectivity index (χ1v) is 14.2. The van der Waals surface area contributed by atoms with Crippen LogP contribution in [-0.4, -0.2) is 19.5 Å². The Morgan fingerprint density at radius 1 is 0.780 bits per heavy atom. The maximum absolute atomic E-state index is 6.55. The Morgan fingerprint density at radius 3 is 2.54 bits per heavy atom. The normalized spacial score (nSPS) is 11.5. The van der Waals surface area contributed by atoms with E-state index < -0.39 is 0 Å². The van der Waals surface area contributed by atoms with Crippen molar-refractivity contribution in [1.82, 2.24) is 19.5 Å². The molecule has 3 aromatic carbocycles. The number of anilines is 3. The molecule has 0 amide bonds. The molecule has 0 atom stereocenters. The zero-order valence-corrected chi connectivity index (χ0v) is 22.9. The number of imidazole rings is 1. The monoisotopic (exact) mass is 549 g/mol. The predicted octanol–water partition coefficient (Wildman–Crippen LogP) is 9.13. The highest BCUT2D eigenvalue weighted by molar-refractivity contribution is 7.17. The molecule has 0 spiro atoms. The topological polar surface area (TPSA) is 60.0 Å². The van der Waals surface area contributed by atoms with Crippen LogP contribution in [0.1, 0.15) is 0 Å². The fourth-order valence-electron chi connectivity index (χ4n) is 5.43. The summed E-state index contributed by atoms with van der Waals surface area (Å²) in [5.41, 5.74) is 7.66. The zero-order valence-electron chi connectivity index (χ0n) is 22.1. The van der Waals surface area contributed by atoms with Crippen molar-refractivity contribution >= 4 is 60.9 Å². The standard InChI is InChI=1S/C34H23N5OS/c1-38-28-15-6-5-13-27(28)37-34(38)23-12-7-16-29-24(23)20-32(40-29)39(22-10-3-2-4-11-22)31-18-8-14-26(36-31)25-21-41-30-17-9-19-35-33(25)30/h2-21H,1H3. The van der Waals surface area contributed by atoms with E-state index in [2.05, 4.69) is 63.3 Å². The molecule has 0 radical (unpaired) electrons. The van der Waals surface area contributed by atoms with Gasteiger partial charge in [-0.2, -0.15) is 0 Å². The molecule has 7 heteroatoms. The molecule has 0 aliphatic heterocycles. The molecule has 0 saturated carbocycles. The Labute approximate surface area is 239 Å². The minimum absolute atomic E-state index is 0.676. The second-order valence-corrected chi connectivity index (χ2v) is 10.7. The number of thiophene rings is 1. The highest BCUT2D eigenvalue weighted by atomic mass is 32.1.